The number of nitrogens with one attached hydrogen (secondary N) is 1. The van der Waals surface area contributed by atoms with E-state index in [1.807, 2.05) is 0 Å². The van der Waals surface area contributed by atoms with E-state index in [0.29, 0.717) is 12.6 Å². The highest BCUT2D eigenvalue weighted by Crippen LogP contribution is 2.27. The summed E-state index contributed by atoms with van der Waals surface area (Å²) in [5.41, 5.74) is 0.998. The normalized spacial score (nSPS) is 23.1. The fraction of sp³-hybridized carbons (Fsp3) is 0.800. The first kappa shape index (κ1) is 24.9. The number of carbonyl (C=O) groups is 1. The zero-order valence-electron chi connectivity index (χ0n) is 20.6. The Bertz CT molecular complexity index is 713. The SMILES string of the molecule is COCCc1cc(N2CCCN(CCC3CCC(NC=O)CC3)CC2)nc(C(C)(C)C)n1. The largest absolute Gasteiger partial charge is 0.384 e. The fourth-order valence-corrected chi connectivity index (χ4v) is 4.82. The van der Waals surface area contributed by atoms with Crippen molar-refractivity contribution in [2.75, 3.05) is 51.3 Å². The van der Waals surface area contributed by atoms with Crippen LogP contribution in [0.4, 0.5) is 5.82 Å². The number of nitrogens with zero attached hydrogens (tertiary/aromatic N) is 4. The fourth-order valence-electron chi connectivity index (χ4n) is 4.82. The third kappa shape index (κ3) is 7.41. The molecule has 0 bridgehead atoms. The molecule has 0 atom stereocenters. The van der Waals surface area contributed by atoms with Crippen LogP contribution in [0.1, 0.15) is 70.8 Å². The molecule has 1 N–H and O–H groups in total. The van der Waals surface area contributed by atoms with Crippen LogP contribution in [-0.4, -0.2) is 73.8 Å². The summed E-state index contributed by atoms with van der Waals surface area (Å²) in [6.45, 7) is 12.7. The van der Waals surface area contributed by atoms with Gasteiger partial charge < -0.3 is 19.9 Å². The number of anilines is 1. The molecule has 0 radical (unpaired) electrons. The first-order chi connectivity index (χ1) is 15.4. The van der Waals surface area contributed by atoms with Crippen molar-refractivity contribution in [1.29, 1.82) is 0 Å². The van der Waals surface area contributed by atoms with E-state index in [1.54, 1.807) is 7.11 Å². The molecule has 1 saturated carbocycles. The zero-order chi connectivity index (χ0) is 23.0. The number of hydrogen-bond donors (Lipinski definition) is 1. The van der Waals surface area contributed by atoms with Gasteiger partial charge in [-0.3, -0.25) is 4.79 Å². The van der Waals surface area contributed by atoms with Crippen LogP contribution in [0.5, 0.6) is 0 Å². The van der Waals surface area contributed by atoms with Crippen LogP contribution < -0.4 is 10.2 Å². The molecule has 1 aliphatic carbocycles. The van der Waals surface area contributed by atoms with Gasteiger partial charge in [-0.25, -0.2) is 9.97 Å². The molecule has 0 aromatic carbocycles. The van der Waals surface area contributed by atoms with E-state index in [0.717, 1.165) is 81.5 Å². The van der Waals surface area contributed by atoms with Gasteiger partial charge in [0, 0.05) is 56.4 Å². The average molecular weight is 446 g/mol. The molecule has 32 heavy (non-hydrogen) atoms. The number of carbonyl (C=O) groups excluding carboxylic acids is 1. The highest BCUT2D eigenvalue weighted by Gasteiger charge is 2.24. The molecule has 2 aliphatic rings. The first-order valence-electron chi connectivity index (χ1n) is 12.4. The molecule has 1 aromatic heterocycles. The van der Waals surface area contributed by atoms with Crippen molar-refractivity contribution in [3.8, 4) is 0 Å². The minimum atomic E-state index is -0.0735. The maximum atomic E-state index is 10.6. The van der Waals surface area contributed by atoms with Gasteiger partial charge in [0.15, 0.2) is 0 Å². The Balaban J connectivity index is 1.55. The summed E-state index contributed by atoms with van der Waals surface area (Å²) >= 11 is 0. The zero-order valence-corrected chi connectivity index (χ0v) is 20.6. The van der Waals surface area contributed by atoms with Crippen LogP contribution in [0.25, 0.3) is 0 Å². The van der Waals surface area contributed by atoms with Gasteiger partial charge in [0.1, 0.15) is 11.6 Å². The van der Waals surface area contributed by atoms with Gasteiger partial charge in [-0.2, -0.15) is 0 Å². The topological polar surface area (TPSA) is 70.6 Å². The van der Waals surface area contributed by atoms with Crippen LogP contribution >= 0.6 is 0 Å². The molecule has 1 amide bonds. The van der Waals surface area contributed by atoms with Crippen LogP contribution in [0.3, 0.4) is 0 Å². The predicted molar refractivity (Wildman–Crippen MR) is 129 cm³/mol. The lowest BCUT2D eigenvalue weighted by Gasteiger charge is -2.30. The Morgan fingerprint density at radius 3 is 2.59 bits per heavy atom. The Labute approximate surface area is 194 Å². The van der Waals surface area contributed by atoms with Gasteiger partial charge in [0.25, 0.3) is 0 Å². The van der Waals surface area contributed by atoms with Crippen LogP contribution in [0.2, 0.25) is 0 Å². The summed E-state index contributed by atoms with van der Waals surface area (Å²) in [6.07, 6.45) is 8.86. The molecule has 1 aromatic rings. The lowest BCUT2D eigenvalue weighted by atomic mass is 9.84. The number of hydrogen-bond acceptors (Lipinski definition) is 6. The summed E-state index contributed by atoms with van der Waals surface area (Å²) < 4.78 is 5.29. The molecule has 1 saturated heterocycles. The molecule has 2 fully saturated rings. The van der Waals surface area contributed by atoms with E-state index in [4.69, 9.17) is 14.7 Å². The summed E-state index contributed by atoms with van der Waals surface area (Å²) in [7, 11) is 1.74. The molecule has 0 spiro atoms. The van der Waals surface area contributed by atoms with E-state index in [1.165, 1.54) is 25.8 Å². The average Bonchev–Trinajstić information content (AvgIpc) is 3.02. The third-order valence-corrected chi connectivity index (χ3v) is 6.92. The number of amides is 1. The molecule has 0 unspecified atom stereocenters. The minimum absolute atomic E-state index is 0.0735. The van der Waals surface area contributed by atoms with Gasteiger partial charge in [-0.15, -0.1) is 0 Å². The lowest BCUT2D eigenvalue weighted by molar-refractivity contribution is -0.110. The van der Waals surface area contributed by atoms with Crippen LogP contribution in [-0.2, 0) is 21.4 Å². The number of aromatic nitrogens is 2. The Kier molecular flexibility index (Phi) is 9.29. The first-order valence-corrected chi connectivity index (χ1v) is 12.4. The second-order valence-corrected chi connectivity index (χ2v) is 10.5. The predicted octanol–water partition coefficient (Wildman–Crippen LogP) is 3.17. The molecular weight excluding hydrogens is 402 g/mol. The monoisotopic (exact) mass is 445 g/mol. The second kappa shape index (κ2) is 11.9. The maximum Gasteiger partial charge on any atom is 0.207 e. The Morgan fingerprint density at radius 1 is 1.12 bits per heavy atom. The molecule has 7 heteroatoms. The summed E-state index contributed by atoms with van der Waals surface area (Å²) in [5.74, 6) is 2.79. The van der Waals surface area contributed by atoms with E-state index >= 15 is 0 Å². The van der Waals surface area contributed by atoms with E-state index in [9.17, 15) is 4.79 Å². The number of rotatable bonds is 9. The highest BCUT2D eigenvalue weighted by molar-refractivity contribution is 5.46. The Hall–Kier alpha value is -1.73. The standard InChI is InChI=1S/C25H43N5O2/c1-25(2,3)24-27-22(11-17-32-4)18-23(28-24)30-13-5-12-29(15-16-30)14-10-20-6-8-21(9-7-20)26-19-31/h18-21H,5-17H2,1-4H3,(H,26,31). The molecule has 2 heterocycles. The quantitative estimate of drug-likeness (QED) is 0.589. The smallest absolute Gasteiger partial charge is 0.207 e. The van der Waals surface area contributed by atoms with Gasteiger partial charge in [0.2, 0.25) is 6.41 Å². The molecule has 1 aliphatic heterocycles. The highest BCUT2D eigenvalue weighted by atomic mass is 16.5. The van der Waals surface area contributed by atoms with Crippen molar-refractivity contribution >= 4 is 12.2 Å². The van der Waals surface area contributed by atoms with Gasteiger partial charge in [-0.05, 0) is 57.5 Å². The van der Waals surface area contributed by atoms with Crippen molar-refractivity contribution < 1.29 is 9.53 Å². The van der Waals surface area contributed by atoms with E-state index in [-0.39, 0.29) is 5.41 Å². The molecule has 7 nitrogen and oxygen atoms in total. The summed E-state index contributed by atoms with van der Waals surface area (Å²) in [4.78, 5) is 25.5. The number of ether oxygens (including phenoxy) is 1. The van der Waals surface area contributed by atoms with E-state index in [2.05, 4.69) is 42.0 Å². The van der Waals surface area contributed by atoms with Crippen molar-refractivity contribution in [2.24, 2.45) is 5.92 Å². The molecule has 3 rings (SSSR count). The maximum absolute atomic E-state index is 10.6. The van der Waals surface area contributed by atoms with Crippen molar-refractivity contribution in [2.45, 2.75) is 77.2 Å². The van der Waals surface area contributed by atoms with Gasteiger partial charge in [0.05, 0.1) is 6.61 Å². The van der Waals surface area contributed by atoms with Crippen LogP contribution in [0.15, 0.2) is 6.07 Å². The molecular formula is C25H43N5O2. The van der Waals surface area contributed by atoms with Crippen molar-refractivity contribution in [3.63, 3.8) is 0 Å². The van der Waals surface area contributed by atoms with E-state index < -0.39 is 0 Å². The molecule has 180 valence electrons. The minimum Gasteiger partial charge on any atom is -0.384 e. The third-order valence-electron chi connectivity index (χ3n) is 6.92. The lowest BCUT2D eigenvalue weighted by Crippen LogP contribution is -2.35. The van der Waals surface area contributed by atoms with Crippen molar-refractivity contribution in [1.82, 2.24) is 20.2 Å². The number of methoxy groups -OCH3 is 1. The van der Waals surface area contributed by atoms with Gasteiger partial charge in [-0.1, -0.05) is 20.8 Å². The van der Waals surface area contributed by atoms with Crippen molar-refractivity contribution in [3.05, 3.63) is 17.6 Å². The summed E-state index contributed by atoms with van der Waals surface area (Å²) in [6, 6.07) is 2.56. The second-order valence-electron chi connectivity index (χ2n) is 10.5. The van der Waals surface area contributed by atoms with Gasteiger partial charge >= 0.3 is 0 Å². The van der Waals surface area contributed by atoms with Crippen LogP contribution in [0, 0.1) is 5.92 Å². The summed E-state index contributed by atoms with van der Waals surface area (Å²) in [5, 5.41) is 2.95. The Morgan fingerprint density at radius 2 is 1.91 bits per heavy atom.